The van der Waals surface area contributed by atoms with E-state index < -0.39 is 5.60 Å². The third kappa shape index (κ3) is 1.90. The van der Waals surface area contributed by atoms with Crippen LogP contribution in [-0.4, -0.2) is 30.4 Å². The zero-order valence-corrected chi connectivity index (χ0v) is 9.64. The largest absolute Gasteiger partial charge is 0.495 e. The van der Waals surface area contributed by atoms with Gasteiger partial charge < -0.3 is 14.6 Å². The van der Waals surface area contributed by atoms with Gasteiger partial charge in [-0.3, -0.25) is 4.98 Å². The fourth-order valence-corrected chi connectivity index (χ4v) is 2.11. The molecule has 1 fully saturated rings. The molecule has 4 heteroatoms. The molecule has 0 aliphatic carbocycles. The first kappa shape index (κ1) is 11.4. The highest BCUT2D eigenvalue weighted by atomic mass is 16.5. The first-order chi connectivity index (χ1) is 7.66. The molecule has 1 N–H and O–H groups in total. The van der Waals surface area contributed by atoms with E-state index in [9.17, 15) is 5.11 Å². The highest BCUT2D eigenvalue weighted by Crippen LogP contribution is 2.37. The molecular weight excluding hydrogens is 206 g/mol. The fraction of sp³-hybridized carbons (Fsp3) is 0.583. The topological polar surface area (TPSA) is 51.6 Å². The molecule has 0 amide bonds. The van der Waals surface area contributed by atoms with Gasteiger partial charge in [-0.15, -0.1) is 0 Å². The summed E-state index contributed by atoms with van der Waals surface area (Å²) in [6.07, 6.45) is 2.52. The number of hydrogen-bond acceptors (Lipinski definition) is 4. The van der Waals surface area contributed by atoms with Crippen LogP contribution in [0.1, 0.15) is 19.0 Å². The first-order valence-electron chi connectivity index (χ1n) is 5.46. The van der Waals surface area contributed by atoms with Crippen molar-refractivity contribution in [3.05, 3.63) is 24.0 Å². The number of hydrogen-bond donors (Lipinski definition) is 1. The van der Waals surface area contributed by atoms with Crippen LogP contribution in [0.2, 0.25) is 0 Å². The lowest BCUT2D eigenvalue weighted by Gasteiger charge is -2.29. The molecule has 2 heterocycles. The van der Waals surface area contributed by atoms with Crippen LogP contribution in [0.5, 0.6) is 5.75 Å². The van der Waals surface area contributed by atoms with Crippen LogP contribution in [0.25, 0.3) is 0 Å². The number of aliphatic hydroxyl groups is 1. The molecule has 2 atom stereocenters. The second-order valence-electron chi connectivity index (χ2n) is 4.26. The predicted molar refractivity (Wildman–Crippen MR) is 59.3 cm³/mol. The highest BCUT2D eigenvalue weighted by molar-refractivity contribution is 5.32. The maximum atomic E-state index is 10.6. The zero-order chi connectivity index (χ0) is 11.6. The van der Waals surface area contributed by atoms with Crippen molar-refractivity contribution in [2.45, 2.75) is 18.9 Å². The van der Waals surface area contributed by atoms with Gasteiger partial charge in [-0.25, -0.2) is 0 Å². The normalized spacial score (nSPS) is 24.1. The summed E-state index contributed by atoms with van der Waals surface area (Å²) in [5.41, 5.74) is -0.406. The Morgan fingerprint density at radius 1 is 1.62 bits per heavy atom. The molecule has 0 saturated carbocycles. The Kier molecular flexibility index (Phi) is 3.12. The number of aromatic nitrogens is 1. The average Bonchev–Trinajstić information content (AvgIpc) is 2.83. The van der Waals surface area contributed by atoms with E-state index in [1.807, 2.05) is 6.07 Å². The van der Waals surface area contributed by atoms with Crippen molar-refractivity contribution in [3.8, 4) is 5.75 Å². The van der Waals surface area contributed by atoms with Crippen LogP contribution >= 0.6 is 0 Å². The van der Waals surface area contributed by atoms with Crippen molar-refractivity contribution >= 4 is 0 Å². The van der Waals surface area contributed by atoms with Crippen molar-refractivity contribution < 1.29 is 14.6 Å². The molecule has 0 bridgehead atoms. The summed E-state index contributed by atoms with van der Waals surface area (Å²) < 4.78 is 10.5. The Balaban J connectivity index is 2.33. The van der Waals surface area contributed by atoms with Gasteiger partial charge in [0.15, 0.2) is 0 Å². The van der Waals surface area contributed by atoms with Crippen molar-refractivity contribution in [3.63, 3.8) is 0 Å². The fourth-order valence-electron chi connectivity index (χ4n) is 2.11. The minimum absolute atomic E-state index is 0.0799. The summed E-state index contributed by atoms with van der Waals surface area (Å²) >= 11 is 0. The number of nitrogens with zero attached hydrogens (tertiary/aromatic N) is 1. The highest BCUT2D eigenvalue weighted by Gasteiger charge is 2.39. The predicted octanol–water partition coefficient (Wildman–Crippen LogP) is 1.33. The third-order valence-electron chi connectivity index (χ3n) is 3.19. The van der Waals surface area contributed by atoms with Gasteiger partial charge >= 0.3 is 0 Å². The quantitative estimate of drug-likeness (QED) is 0.840. The van der Waals surface area contributed by atoms with Crippen molar-refractivity contribution in [1.82, 2.24) is 4.98 Å². The van der Waals surface area contributed by atoms with Crippen LogP contribution in [0.3, 0.4) is 0 Å². The summed E-state index contributed by atoms with van der Waals surface area (Å²) in [7, 11) is 1.59. The summed E-state index contributed by atoms with van der Waals surface area (Å²) in [5.74, 6) is 0.704. The van der Waals surface area contributed by atoms with Gasteiger partial charge in [0.05, 0.1) is 13.7 Å². The van der Waals surface area contributed by atoms with Gasteiger partial charge in [0.1, 0.15) is 17.0 Å². The second-order valence-corrected chi connectivity index (χ2v) is 4.26. The van der Waals surface area contributed by atoms with Crippen LogP contribution in [0.15, 0.2) is 18.3 Å². The molecule has 0 radical (unpaired) electrons. The molecule has 1 aromatic heterocycles. The van der Waals surface area contributed by atoms with Gasteiger partial charge in [-0.2, -0.15) is 0 Å². The molecule has 88 valence electrons. The zero-order valence-electron chi connectivity index (χ0n) is 9.64. The molecule has 2 unspecified atom stereocenters. The molecular formula is C12H17NO3. The lowest BCUT2D eigenvalue weighted by molar-refractivity contribution is -0.0154. The minimum Gasteiger partial charge on any atom is -0.495 e. The van der Waals surface area contributed by atoms with E-state index in [0.29, 0.717) is 24.7 Å². The average molecular weight is 223 g/mol. The molecule has 1 saturated heterocycles. The summed E-state index contributed by atoms with van der Waals surface area (Å²) in [4.78, 5) is 4.24. The van der Waals surface area contributed by atoms with E-state index in [4.69, 9.17) is 9.47 Å². The maximum Gasteiger partial charge on any atom is 0.143 e. The molecule has 1 aliphatic rings. The Hall–Kier alpha value is -1.13. The second kappa shape index (κ2) is 4.39. The number of methoxy groups -OCH3 is 1. The Bertz CT molecular complexity index is 359. The molecule has 1 aromatic rings. The van der Waals surface area contributed by atoms with Crippen LogP contribution < -0.4 is 4.74 Å². The molecule has 4 nitrogen and oxygen atoms in total. The Morgan fingerprint density at radius 3 is 3.06 bits per heavy atom. The van der Waals surface area contributed by atoms with Crippen molar-refractivity contribution in [2.24, 2.45) is 5.92 Å². The Labute approximate surface area is 95.2 Å². The summed E-state index contributed by atoms with van der Waals surface area (Å²) in [6, 6.07) is 3.61. The third-order valence-corrected chi connectivity index (χ3v) is 3.19. The number of pyridine rings is 1. The smallest absolute Gasteiger partial charge is 0.143 e. The van der Waals surface area contributed by atoms with Crippen LogP contribution in [0.4, 0.5) is 0 Å². The first-order valence-corrected chi connectivity index (χ1v) is 5.46. The maximum absolute atomic E-state index is 10.6. The van der Waals surface area contributed by atoms with E-state index >= 15 is 0 Å². The van der Waals surface area contributed by atoms with E-state index in [1.165, 1.54) is 0 Å². The number of ether oxygens (including phenoxy) is 2. The number of rotatable bonds is 3. The lowest BCUT2D eigenvalue weighted by Crippen LogP contribution is -2.33. The summed E-state index contributed by atoms with van der Waals surface area (Å²) in [6.45, 7) is 3.06. The molecule has 1 aliphatic heterocycles. The standard InChI is InChI=1S/C12H17NO3/c1-12(14,9-5-7-16-8-9)11-10(15-2)4-3-6-13-11/h3-4,6,9,14H,5,7-8H2,1-2H3. The van der Waals surface area contributed by atoms with Gasteiger partial charge in [-0.1, -0.05) is 0 Å². The van der Waals surface area contributed by atoms with E-state index in [0.717, 1.165) is 6.42 Å². The van der Waals surface area contributed by atoms with Crippen molar-refractivity contribution in [2.75, 3.05) is 20.3 Å². The van der Waals surface area contributed by atoms with Crippen LogP contribution in [0, 0.1) is 5.92 Å². The van der Waals surface area contributed by atoms with E-state index in [-0.39, 0.29) is 5.92 Å². The lowest BCUT2D eigenvalue weighted by atomic mass is 9.85. The van der Waals surface area contributed by atoms with Gasteiger partial charge in [0.25, 0.3) is 0 Å². The monoisotopic (exact) mass is 223 g/mol. The molecule has 0 spiro atoms. The van der Waals surface area contributed by atoms with Crippen LogP contribution in [-0.2, 0) is 10.3 Å². The van der Waals surface area contributed by atoms with Gasteiger partial charge in [0.2, 0.25) is 0 Å². The molecule has 0 aromatic carbocycles. The summed E-state index contributed by atoms with van der Waals surface area (Å²) in [5, 5.41) is 10.6. The SMILES string of the molecule is COc1cccnc1C(C)(O)C1CCOC1. The van der Waals surface area contributed by atoms with Gasteiger partial charge in [0, 0.05) is 18.7 Å². The molecule has 16 heavy (non-hydrogen) atoms. The van der Waals surface area contributed by atoms with E-state index in [1.54, 1.807) is 26.3 Å². The van der Waals surface area contributed by atoms with Crippen molar-refractivity contribution in [1.29, 1.82) is 0 Å². The van der Waals surface area contributed by atoms with Gasteiger partial charge in [-0.05, 0) is 25.5 Å². The Morgan fingerprint density at radius 2 is 2.44 bits per heavy atom. The minimum atomic E-state index is -0.997. The molecule has 2 rings (SSSR count). The van der Waals surface area contributed by atoms with E-state index in [2.05, 4.69) is 4.98 Å².